The molecule has 0 bridgehead atoms. The number of guanidine groups is 1. The van der Waals surface area contributed by atoms with Gasteiger partial charge in [-0.15, -0.1) is 0 Å². The topological polar surface area (TPSA) is 52.8 Å². The van der Waals surface area contributed by atoms with Gasteiger partial charge in [0.05, 0.1) is 18.7 Å². The van der Waals surface area contributed by atoms with E-state index in [1.54, 1.807) is 0 Å². The van der Waals surface area contributed by atoms with E-state index in [1.807, 2.05) is 7.05 Å². The van der Waals surface area contributed by atoms with Gasteiger partial charge in [0.2, 0.25) is 0 Å². The minimum Gasteiger partial charge on any atom is -0.388 e. The maximum Gasteiger partial charge on any atom is 0.194 e. The van der Waals surface area contributed by atoms with Crippen LogP contribution in [0.4, 0.5) is 0 Å². The smallest absolute Gasteiger partial charge is 0.194 e. The highest BCUT2D eigenvalue weighted by atomic mass is 16.3. The van der Waals surface area contributed by atoms with Crippen LogP contribution >= 0.6 is 0 Å². The van der Waals surface area contributed by atoms with Crippen molar-refractivity contribution in [3.8, 4) is 0 Å². The molecule has 1 aromatic heterocycles. The molecule has 5 heteroatoms. The Hall–Kier alpha value is -1.49. The van der Waals surface area contributed by atoms with Crippen molar-refractivity contribution < 1.29 is 5.11 Å². The van der Waals surface area contributed by atoms with Gasteiger partial charge in [0.1, 0.15) is 0 Å². The highest BCUT2D eigenvalue weighted by molar-refractivity contribution is 5.79. The Balaban J connectivity index is 2.01. The molecular formula is C16H28N4O. The fraction of sp³-hybridized carbons (Fsp3) is 0.688. The molecule has 1 aliphatic rings. The average molecular weight is 292 g/mol. The van der Waals surface area contributed by atoms with E-state index in [9.17, 15) is 5.11 Å². The van der Waals surface area contributed by atoms with Crippen LogP contribution in [-0.2, 0) is 13.6 Å². The predicted octanol–water partition coefficient (Wildman–Crippen LogP) is 1.73. The van der Waals surface area contributed by atoms with Crippen LogP contribution in [0.5, 0.6) is 0 Å². The number of hydrogen-bond acceptors (Lipinski definition) is 2. The number of rotatable bonds is 5. The zero-order valence-corrected chi connectivity index (χ0v) is 13.5. The maximum absolute atomic E-state index is 10.4. The number of aryl methyl sites for hydroxylation is 1. The van der Waals surface area contributed by atoms with Crippen LogP contribution in [0.1, 0.15) is 38.3 Å². The molecule has 0 unspecified atom stereocenters. The van der Waals surface area contributed by atoms with Crippen molar-refractivity contribution in [2.45, 2.75) is 44.8 Å². The monoisotopic (exact) mass is 292 g/mol. The second-order valence-electron chi connectivity index (χ2n) is 6.07. The van der Waals surface area contributed by atoms with Gasteiger partial charge in [0, 0.05) is 32.5 Å². The molecule has 0 spiro atoms. The van der Waals surface area contributed by atoms with Gasteiger partial charge in [-0.25, -0.2) is 0 Å². The Bertz CT molecular complexity index is 474. The van der Waals surface area contributed by atoms with Crippen molar-refractivity contribution in [1.82, 2.24) is 14.8 Å². The van der Waals surface area contributed by atoms with Gasteiger partial charge < -0.3 is 19.9 Å². The van der Waals surface area contributed by atoms with E-state index < -0.39 is 5.60 Å². The molecule has 1 aliphatic carbocycles. The second-order valence-corrected chi connectivity index (χ2v) is 6.07. The summed E-state index contributed by atoms with van der Waals surface area (Å²) >= 11 is 0. The normalized spacial score (nSPS) is 18.0. The van der Waals surface area contributed by atoms with Gasteiger partial charge in [0.25, 0.3) is 0 Å². The zero-order chi connectivity index (χ0) is 15.3. The minimum absolute atomic E-state index is 0.493. The molecule has 0 saturated heterocycles. The van der Waals surface area contributed by atoms with Crippen molar-refractivity contribution in [3.63, 3.8) is 0 Å². The number of aromatic nitrogens is 1. The molecule has 21 heavy (non-hydrogen) atoms. The first-order valence-corrected chi connectivity index (χ1v) is 7.86. The summed E-state index contributed by atoms with van der Waals surface area (Å²) in [7, 11) is 4.08. The summed E-state index contributed by atoms with van der Waals surface area (Å²) in [6, 6.07) is 4.17. The quantitative estimate of drug-likeness (QED) is 0.642. The summed E-state index contributed by atoms with van der Waals surface area (Å²) in [6.07, 6.45) is 6.02. The molecule has 1 heterocycles. The lowest BCUT2D eigenvalue weighted by Crippen LogP contribution is -2.40. The minimum atomic E-state index is -0.591. The van der Waals surface area contributed by atoms with Crippen molar-refractivity contribution in [1.29, 1.82) is 0 Å². The van der Waals surface area contributed by atoms with Gasteiger partial charge in [-0.2, -0.15) is 0 Å². The lowest BCUT2D eigenvalue weighted by molar-refractivity contribution is 0.0572. The number of aliphatic imine (C=N–C) groups is 1. The van der Waals surface area contributed by atoms with Crippen LogP contribution in [0, 0.1) is 0 Å². The molecule has 0 amide bonds. The molecule has 1 saturated carbocycles. The van der Waals surface area contributed by atoms with Gasteiger partial charge in [-0.3, -0.25) is 4.99 Å². The Morgan fingerprint density at radius 2 is 2.19 bits per heavy atom. The van der Waals surface area contributed by atoms with E-state index in [1.165, 1.54) is 5.69 Å². The Morgan fingerprint density at radius 1 is 1.48 bits per heavy atom. The van der Waals surface area contributed by atoms with Crippen molar-refractivity contribution in [3.05, 3.63) is 24.0 Å². The third-order valence-corrected chi connectivity index (χ3v) is 4.20. The molecule has 0 aliphatic heterocycles. The summed E-state index contributed by atoms with van der Waals surface area (Å²) in [5, 5.41) is 13.7. The fourth-order valence-corrected chi connectivity index (χ4v) is 2.86. The van der Waals surface area contributed by atoms with Gasteiger partial charge >= 0.3 is 0 Å². The SMILES string of the molecule is CCNC(=NCC1(O)CCCC1)N(C)Cc1cccn1C. The molecule has 0 atom stereocenters. The summed E-state index contributed by atoms with van der Waals surface area (Å²) in [6.45, 7) is 4.19. The van der Waals surface area contributed by atoms with Crippen LogP contribution in [-0.4, -0.2) is 46.3 Å². The average Bonchev–Trinajstić information content (AvgIpc) is 3.05. The van der Waals surface area contributed by atoms with E-state index in [0.29, 0.717) is 6.54 Å². The molecule has 5 nitrogen and oxygen atoms in total. The molecule has 1 aromatic rings. The molecule has 118 valence electrons. The molecule has 2 N–H and O–H groups in total. The molecular weight excluding hydrogens is 264 g/mol. The van der Waals surface area contributed by atoms with E-state index in [4.69, 9.17) is 0 Å². The number of nitrogens with zero attached hydrogens (tertiary/aromatic N) is 3. The first kappa shape index (κ1) is 15.9. The van der Waals surface area contributed by atoms with E-state index in [-0.39, 0.29) is 0 Å². The highest BCUT2D eigenvalue weighted by Crippen LogP contribution is 2.29. The standard InChI is InChI=1S/C16H28N4O/c1-4-17-15(18-13-16(21)9-5-6-10-16)20(3)12-14-8-7-11-19(14)2/h7-8,11,21H,4-6,9-10,12-13H2,1-3H3,(H,17,18). The largest absolute Gasteiger partial charge is 0.388 e. The van der Waals surface area contributed by atoms with Crippen LogP contribution in [0.15, 0.2) is 23.3 Å². The first-order valence-electron chi connectivity index (χ1n) is 7.86. The summed E-state index contributed by atoms with van der Waals surface area (Å²) in [5.41, 5.74) is 0.648. The van der Waals surface area contributed by atoms with Gasteiger partial charge in [-0.1, -0.05) is 12.8 Å². The second kappa shape index (κ2) is 6.98. The van der Waals surface area contributed by atoms with Gasteiger partial charge in [0.15, 0.2) is 5.96 Å². The lowest BCUT2D eigenvalue weighted by Gasteiger charge is -2.25. The molecule has 1 fully saturated rings. The number of aliphatic hydroxyl groups is 1. The molecule has 0 radical (unpaired) electrons. The van der Waals surface area contributed by atoms with Crippen LogP contribution in [0.2, 0.25) is 0 Å². The van der Waals surface area contributed by atoms with Crippen molar-refractivity contribution in [2.24, 2.45) is 12.0 Å². The van der Waals surface area contributed by atoms with E-state index >= 15 is 0 Å². The third-order valence-electron chi connectivity index (χ3n) is 4.20. The summed E-state index contributed by atoms with van der Waals surface area (Å²) in [4.78, 5) is 6.76. The molecule has 0 aromatic carbocycles. The lowest BCUT2D eigenvalue weighted by atomic mass is 10.0. The third kappa shape index (κ3) is 4.24. The maximum atomic E-state index is 10.4. The first-order chi connectivity index (χ1) is 10.0. The van der Waals surface area contributed by atoms with Crippen molar-refractivity contribution in [2.75, 3.05) is 20.1 Å². The summed E-state index contributed by atoms with van der Waals surface area (Å²) in [5.74, 6) is 0.860. The predicted molar refractivity (Wildman–Crippen MR) is 86.3 cm³/mol. The molecule has 2 rings (SSSR count). The number of hydrogen-bond donors (Lipinski definition) is 2. The Kier molecular flexibility index (Phi) is 5.28. The van der Waals surface area contributed by atoms with Crippen LogP contribution in [0.25, 0.3) is 0 Å². The van der Waals surface area contributed by atoms with Crippen LogP contribution in [0.3, 0.4) is 0 Å². The van der Waals surface area contributed by atoms with Crippen molar-refractivity contribution >= 4 is 5.96 Å². The van der Waals surface area contributed by atoms with E-state index in [2.05, 4.69) is 52.1 Å². The van der Waals surface area contributed by atoms with E-state index in [0.717, 1.165) is 44.7 Å². The Labute approximate surface area is 127 Å². The summed E-state index contributed by atoms with van der Waals surface area (Å²) < 4.78 is 2.12. The zero-order valence-electron chi connectivity index (χ0n) is 13.5. The Morgan fingerprint density at radius 3 is 2.76 bits per heavy atom. The number of nitrogens with one attached hydrogen (secondary N) is 1. The fourth-order valence-electron chi connectivity index (χ4n) is 2.86. The van der Waals surface area contributed by atoms with Crippen LogP contribution < -0.4 is 5.32 Å². The highest BCUT2D eigenvalue weighted by Gasteiger charge is 2.30. The van der Waals surface area contributed by atoms with Gasteiger partial charge in [-0.05, 0) is 31.9 Å².